The number of rotatable bonds is 5. The number of ether oxygens (including phenoxy) is 1. The highest BCUT2D eigenvalue weighted by atomic mass is 79.9. The average Bonchev–Trinajstić information content (AvgIpc) is 2.42. The van der Waals surface area contributed by atoms with E-state index in [1.54, 1.807) is 24.3 Å². The first-order valence-electron chi connectivity index (χ1n) is 6.45. The van der Waals surface area contributed by atoms with Crippen molar-refractivity contribution in [3.63, 3.8) is 0 Å². The lowest BCUT2D eigenvalue weighted by Crippen LogP contribution is -2.07. The second kappa shape index (κ2) is 7.35. The molecule has 4 nitrogen and oxygen atoms in total. The summed E-state index contributed by atoms with van der Waals surface area (Å²) in [5, 5.41) is 11.9. The molecule has 0 bridgehead atoms. The minimum Gasteiger partial charge on any atom is -0.490 e. The van der Waals surface area contributed by atoms with Gasteiger partial charge in [0, 0.05) is 20.5 Å². The van der Waals surface area contributed by atoms with Crippen LogP contribution in [0.4, 0.5) is 5.69 Å². The van der Waals surface area contributed by atoms with Crippen LogP contribution in [-0.2, 0) is 0 Å². The number of halogens is 2. The third-order valence-corrected chi connectivity index (χ3v) is 4.97. The zero-order valence-electron chi connectivity index (χ0n) is 11.9. The topological polar surface area (TPSA) is 52.4 Å². The Morgan fingerprint density at radius 1 is 1.32 bits per heavy atom. The van der Waals surface area contributed by atoms with E-state index in [2.05, 4.69) is 15.9 Å². The van der Waals surface area contributed by atoms with Gasteiger partial charge in [-0.15, -0.1) is 0 Å². The van der Waals surface area contributed by atoms with Crippen molar-refractivity contribution in [2.75, 3.05) is 0 Å². The normalized spacial score (nSPS) is 10.8. The summed E-state index contributed by atoms with van der Waals surface area (Å²) < 4.78 is 6.48. The smallest absolute Gasteiger partial charge is 0.287 e. The van der Waals surface area contributed by atoms with Crippen LogP contribution < -0.4 is 4.74 Å². The SMILES string of the molecule is CC(C)Oc1cccc([N+](=O)[O-])c1Sc1ccc(Cl)cc1Br. The largest absolute Gasteiger partial charge is 0.490 e. The molecule has 0 saturated carbocycles. The van der Waals surface area contributed by atoms with E-state index in [0.717, 1.165) is 9.37 Å². The molecule has 22 heavy (non-hydrogen) atoms. The lowest BCUT2D eigenvalue weighted by molar-refractivity contribution is -0.387. The average molecular weight is 403 g/mol. The number of hydrogen-bond acceptors (Lipinski definition) is 4. The Balaban J connectivity index is 2.49. The minimum absolute atomic E-state index is 0.0185. The maximum Gasteiger partial charge on any atom is 0.287 e. The molecule has 0 saturated heterocycles. The van der Waals surface area contributed by atoms with Gasteiger partial charge in [-0.1, -0.05) is 29.4 Å². The van der Waals surface area contributed by atoms with Crippen molar-refractivity contribution in [2.24, 2.45) is 0 Å². The molecule has 0 fully saturated rings. The van der Waals surface area contributed by atoms with Crippen LogP contribution in [0.1, 0.15) is 13.8 Å². The van der Waals surface area contributed by atoms with E-state index in [-0.39, 0.29) is 11.8 Å². The summed E-state index contributed by atoms with van der Waals surface area (Å²) in [7, 11) is 0. The summed E-state index contributed by atoms with van der Waals surface area (Å²) in [6.07, 6.45) is -0.0741. The van der Waals surface area contributed by atoms with Gasteiger partial charge in [0.25, 0.3) is 5.69 Å². The molecule has 116 valence electrons. The van der Waals surface area contributed by atoms with Gasteiger partial charge in [0.2, 0.25) is 0 Å². The second-order valence-corrected chi connectivity index (χ2v) is 7.05. The van der Waals surface area contributed by atoms with Crippen molar-refractivity contribution < 1.29 is 9.66 Å². The minimum atomic E-state index is -0.403. The Morgan fingerprint density at radius 2 is 2.05 bits per heavy atom. The van der Waals surface area contributed by atoms with Gasteiger partial charge < -0.3 is 4.74 Å². The molecule has 2 rings (SSSR count). The van der Waals surface area contributed by atoms with Gasteiger partial charge in [-0.2, -0.15) is 0 Å². The zero-order chi connectivity index (χ0) is 16.3. The molecule has 2 aromatic rings. The predicted octanol–water partition coefficient (Wildman–Crippen LogP) is 5.95. The third kappa shape index (κ3) is 4.15. The molecular formula is C15H13BrClNO3S. The van der Waals surface area contributed by atoms with Crippen LogP contribution in [0.2, 0.25) is 5.02 Å². The standard InChI is InChI=1S/C15H13BrClNO3S/c1-9(2)21-13-5-3-4-12(18(19)20)15(13)22-14-7-6-10(17)8-11(14)16/h3-9H,1-2H3. The summed E-state index contributed by atoms with van der Waals surface area (Å²) in [5.41, 5.74) is 0.0185. The molecule has 2 aromatic carbocycles. The molecule has 0 unspecified atom stereocenters. The van der Waals surface area contributed by atoms with Crippen LogP contribution in [0, 0.1) is 10.1 Å². The van der Waals surface area contributed by atoms with Gasteiger partial charge in [-0.25, -0.2) is 0 Å². The van der Waals surface area contributed by atoms with Gasteiger partial charge in [-0.05, 0) is 54.0 Å². The third-order valence-electron chi connectivity index (χ3n) is 2.62. The lowest BCUT2D eigenvalue weighted by atomic mass is 10.3. The van der Waals surface area contributed by atoms with Crippen LogP contribution >= 0.6 is 39.3 Å². The first-order chi connectivity index (χ1) is 10.4. The van der Waals surface area contributed by atoms with E-state index >= 15 is 0 Å². The van der Waals surface area contributed by atoms with E-state index in [4.69, 9.17) is 16.3 Å². The second-order valence-electron chi connectivity index (χ2n) is 4.70. The van der Waals surface area contributed by atoms with Crippen molar-refractivity contribution >= 4 is 45.0 Å². The van der Waals surface area contributed by atoms with Crippen LogP contribution in [-0.4, -0.2) is 11.0 Å². The van der Waals surface area contributed by atoms with Gasteiger partial charge in [-0.3, -0.25) is 10.1 Å². The van der Waals surface area contributed by atoms with Gasteiger partial charge in [0.15, 0.2) is 0 Å². The number of nitrogens with zero attached hydrogens (tertiary/aromatic N) is 1. The van der Waals surface area contributed by atoms with Gasteiger partial charge >= 0.3 is 0 Å². The monoisotopic (exact) mass is 401 g/mol. The van der Waals surface area contributed by atoms with Crippen molar-refractivity contribution in [3.05, 3.63) is 56.0 Å². The molecule has 0 aliphatic heterocycles. The summed E-state index contributed by atoms with van der Waals surface area (Å²) >= 11 is 10.6. The fraction of sp³-hybridized carbons (Fsp3) is 0.200. The number of nitro groups is 1. The van der Waals surface area contributed by atoms with Gasteiger partial charge in [0.1, 0.15) is 10.6 Å². The van der Waals surface area contributed by atoms with E-state index < -0.39 is 4.92 Å². The van der Waals surface area contributed by atoms with Gasteiger partial charge in [0.05, 0.1) is 11.0 Å². The maximum atomic E-state index is 11.3. The quantitative estimate of drug-likeness (QED) is 0.458. The molecule has 0 aromatic heterocycles. The van der Waals surface area contributed by atoms with Crippen molar-refractivity contribution in [1.82, 2.24) is 0 Å². The van der Waals surface area contributed by atoms with Crippen LogP contribution in [0.3, 0.4) is 0 Å². The molecular weight excluding hydrogens is 390 g/mol. The van der Waals surface area contributed by atoms with Crippen molar-refractivity contribution in [3.8, 4) is 5.75 Å². The predicted molar refractivity (Wildman–Crippen MR) is 92.1 cm³/mol. The zero-order valence-corrected chi connectivity index (χ0v) is 15.0. The van der Waals surface area contributed by atoms with Crippen LogP contribution in [0.25, 0.3) is 0 Å². The highest BCUT2D eigenvalue weighted by Crippen LogP contribution is 2.44. The molecule has 0 N–H and O–H groups in total. The van der Waals surface area contributed by atoms with E-state index in [9.17, 15) is 10.1 Å². The Morgan fingerprint density at radius 3 is 2.64 bits per heavy atom. The fourth-order valence-electron chi connectivity index (χ4n) is 1.77. The summed E-state index contributed by atoms with van der Waals surface area (Å²) in [6.45, 7) is 3.76. The van der Waals surface area contributed by atoms with E-state index in [1.165, 1.54) is 17.8 Å². The van der Waals surface area contributed by atoms with E-state index in [0.29, 0.717) is 15.7 Å². The summed E-state index contributed by atoms with van der Waals surface area (Å²) in [6, 6.07) is 10.1. The molecule has 0 heterocycles. The van der Waals surface area contributed by atoms with Crippen LogP contribution in [0.15, 0.2) is 50.7 Å². The Hall–Kier alpha value is -1.24. The molecule has 0 aliphatic carbocycles. The summed E-state index contributed by atoms with van der Waals surface area (Å²) in [4.78, 5) is 12.2. The Bertz CT molecular complexity index is 709. The molecule has 0 radical (unpaired) electrons. The lowest BCUT2D eigenvalue weighted by Gasteiger charge is -2.14. The van der Waals surface area contributed by atoms with E-state index in [1.807, 2.05) is 19.9 Å². The van der Waals surface area contributed by atoms with Crippen LogP contribution in [0.5, 0.6) is 5.75 Å². The fourth-order valence-corrected chi connectivity index (χ4v) is 3.67. The first-order valence-corrected chi connectivity index (χ1v) is 8.44. The number of benzene rings is 2. The number of nitro benzene ring substituents is 1. The Kier molecular flexibility index (Phi) is 5.72. The molecule has 0 aliphatic rings. The maximum absolute atomic E-state index is 11.3. The summed E-state index contributed by atoms with van der Waals surface area (Å²) in [5.74, 6) is 0.496. The number of hydrogen-bond donors (Lipinski definition) is 0. The molecule has 7 heteroatoms. The first kappa shape index (κ1) is 17.1. The van der Waals surface area contributed by atoms with Crippen molar-refractivity contribution in [2.45, 2.75) is 29.7 Å². The van der Waals surface area contributed by atoms with Crippen molar-refractivity contribution in [1.29, 1.82) is 0 Å². The highest BCUT2D eigenvalue weighted by Gasteiger charge is 2.21. The Labute approximate surface area is 146 Å². The highest BCUT2D eigenvalue weighted by molar-refractivity contribution is 9.10. The molecule has 0 atom stereocenters. The molecule has 0 amide bonds. The molecule has 0 spiro atoms.